The Morgan fingerprint density at radius 2 is 2.00 bits per heavy atom. The molecule has 1 aliphatic heterocycles. The fourth-order valence-corrected chi connectivity index (χ4v) is 4.98. The summed E-state index contributed by atoms with van der Waals surface area (Å²) in [6.07, 6.45) is 0. The summed E-state index contributed by atoms with van der Waals surface area (Å²) >= 11 is 3.83. The van der Waals surface area contributed by atoms with Crippen LogP contribution in [0.5, 0.6) is 0 Å². The SMILES string of the molecule is CC1SCC(C(N)c2ccccc2F)SC1C. The molecule has 0 spiro atoms. The molecule has 2 rings (SSSR count). The third-order valence-electron chi connectivity index (χ3n) is 3.24. The molecule has 1 saturated heterocycles. The fraction of sp³-hybridized carbons (Fsp3) is 0.538. The molecule has 0 aliphatic carbocycles. The fourth-order valence-electron chi connectivity index (χ4n) is 1.94. The maximum Gasteiger partial charge on any atom is 0.128 e. The van der Waals surface area contributed by atoms with Crippen molar-refractivity contribution >= 4 is 23.5 Å². The van der Waals surface area contributed by atoms with Gasteiger partial charge in [0.15, 0.2) is 0 Å². The minimum atomic E-state index is -0.205. The second kappa shape index (κ2) is 5.63. The van der Waals surface area contributed by atoms with Gasteiger partial charge in [-0.1, -0.05) is 32.0 Å². The first kappa shape index (κ1) is 13.2. The first-order valence-corrected chi connectivity index (χ1v) is 7.86. The Morgan fingerprint density at radius 3 is 2.65 bits per heavy atom. The number of rotatable bonds is 2. The van der Waals surface area contributed by atoms with E-state index in [-0.39, 0.29) is 11.9 Å². The lowest BCUT2D eigenvalue weighted by atomic mass is 10.0. The van der Waals surface area contributed by atoms with Crippen molar-refractivity contribution in [3.05, 3.63) is 35.6 Å². The van der Waals surface area contributed by atoms with Crippen LogP contribution in [-0.2, 0) is 0 Å². The number of thioether (sulfide) groups is 2. The van der Waals surface area contributed by atoms with Crippen LogP contribution in [0.25, 0.3) is 0 Å². The van der Waals surface area contributed by atoms with E-state index in [9.17, 15) is 4.39 Å². The molecule has 1 heterocycles. The van der Waals surface area contributed by atoms with Crippen molar-refractivity contribution in [1.29, 1.82) is 0 Å². The zero-order valence-electron chi connectivity index (χ0n) is 10.1. The summed E-state index contributed by atoms with van der Waals surface area (Å²) in [5, 5.41) is 1.55. The lowest BCUT2D eigenvalue weighted by molar-refractivity contribution is 0.579. The lowest BCUT2D eigenvalue weighted by Gasteiger charge is -2.34. The van der Waals surface area contributed by atoms with E-state index in [1.807, 2.05) is 29.6 Å². The summed E-state index contributed by atoms with van der Waals surface area (Å²) in [5.74, 6) is 0.822. The molecule has 94 valence electrons. The molecule has 0 amide bonds. The van der Waals surface area contributed by atoms with Crippen LogP contribution in [0.2, 0.25) is 0 Å². The highest BCUT2D eigenvalue weighted by Crippen LogP contribution is 2.40. The molecule has 0 aromatic heterocycles. The third kappa shape index (κ3) is 2.98. The summed E-state index contributed by atoms with van der Waals surface area (Å²) in [6, 6.07) is 6.64. The quantitative estimate of drug-likeness (QED) is 0.892. The normalized spacial score (nSPS) is 31.2. The highest BCUT2D eigenvalue weighted by Gasteiger charge is 2.31. The molecule has 1 fully saturated rings. The third-order valence-corrected chi connectivity index (χ3v) is 6.75. The monoisotopic (exact) mass is 271 g/mol. The number of halogens is 1. The molecule has 1 nitrogen and oxygen atoms in total. The van der Waals surface area contributed by atoms with Crippen molar-refractivity contribution in [3.8, 4) is 0 Å². The minimum absolute atomic E-state index is 0.183. The minimum Gasteiger partial charge on any atom is -0.323 e. The van der Waals surface area contributed by atoms with Gasteiger partial charge in [-0.3, -0.25) is 0 Å². The van der Waals surface area contributed by atoms with Gasteiger partial charge in [0.05, 0.1) is 0 Å². The predicted octanol–water partition coefficient (Wildman–Crippen LogP) is 3.45. The molecule has 1 aliphatic rings. The Hall–Kier alpha value is -0.190. The van der Waals surface area contributed by atoms with Gasteiger partial charge in [-0.15, -0.1) is 0 Å². The van der Waals surface area contributed by atoms with Gasteiger partial charge < -0.3 is 5.73 Å². The highest BCUT2D eigenvalue weighted by atomic mass is 32.2. The summed E-state index contributed by atoms with van der Waals surface area (Å²) < 4.78 is 13.7. The molecule has 0 bridgehead atoms. The number of hydrogen-bond acceptors (Lipinski definition) is 3. The first-order chi connectivity index (χ1) is 8.09. The van der Waals surface area contributed by atoms with Crippen LogP contribution in [0.3, 0.4) is 0 Å². The van der Waals surface area contributed by atoms with Gasteiger partial charge in [0.25, 0.3) is 0 Å². The van der Waals surface area contributed by atoms with E-state index < -0.39 is 0 Å². The molecule has 1 aromatic rings. The van der Waals surface area contributed by atoms with Crippen LogP contribution < -0.4 is 5.73 Å². The van der Waals surface area contributed by atoms with Gasteiger partial charge in [0.1, 0.15) is 5.82 Å². The summed E-state index contributed by atoms with van der Waals surface area (Å²) in [6.45, 7) is 4.47. The van der Waals surface area contributed by atoms with Crippen LogP contribution in [-0.4, -0.2) is 21.5 Å². The van der Waals surface area contributed by atoms with E-state index >= 15 is 0 Å². The maximum atomic E-state index is 13.7. The van der Waals surface area contributed by atoms with Crippen molar-refractivity contribution in [2.24, 2.45) is 5.73 Å². The van der Waals surface area contributed by atoms with Crippen molar-refractivity contribution in [3.63, 3.8) is 0 Å². The molecule has 1 aromatic carbocycles. The number of hydrogen-bond donors (Lipinski definition) is 1. The summed E-state index contributed by atoms with van der Waals surface area (Å²) in [7, 11) is 0. The van der Waals surface area contributed by atoms with Crippen molar-refractivity contribution < 1.29 is 4.39 Å². The molecule has 4 atom stereocenters. The van der Waals surface area contributed by atoms with Gasteiger partial charge in [-0.05, 0) is 6.07 Å². The standard InChI is InChI=1S/C13H18FNS2/c1-8-9(2)17-12(7-16-8)13(15)10-5-3-4-6-11(10)14/h3-6,8-9,12-13H,7,15H2,1-2H3. The highest BCUT2D eigenvalue weighted by molar-refractivity contribution is 8.07. The zero-order chi connectivity index (χ0) is 12.4. The molecular formula is C13H18FNS2. The molecule has 4 heteroatoms. The maximum absolute atomic E-state index is 13.7. The molecule has 2 N–H and O–H groups in total. The van der Waals surface area contributed by atoms with E-state index in [2.05, 4.69) is 13.8 Å². The van der Waals surface area contributed by atoms with Crippen LogP contribution in [0.1, 0.15) is 25.5 Å². The lowest BCUT2D eigenvalue weighted by Crippen LogP contribution is -2.34. The zero-order valence-corrected chi connectivity index (χ0v) is 11.7. The van der Waals surface area contributed by atoms with E-state index in [4.69, 9.17) is 5.73 Å². The summed E-state index contributed by atoms with van der Waals surface area (Å²) in [5.41, 5.74) is 6.85. The summed E-state index contributed by atoms with van der Waals surface area (Å²) in [4.78, 5) is 0. The second-order valence-corrected chi connectivity index (χ2v) is 7.50. The van der Waals surface area contributed by atoms with Crippen LogP contribution in [0, 0.1) is 5.82 Å². The van der Waals surface area contributed by atoms with Crippen LogP contribution in [0.4, 0.5) is 4.39 Å². The predicted molar refractivity (Wildman–Crippen MR) is 76.1 cm³/mol. The molecule has 0 radical (unpaired) electrons. The van der Waals surface area contributed by atoms with Gasteiger partial charge in [0.2, 0.25) is 0 Å². The Kier molecular flexibility index (Phi) is 4.39. The topological polar surface area (TPSA) is 26.0 Å². The Balaban J connectivity index is 2.10. The Labute approximate surface area is 111 Å². The first-order valence-electron chi connectivity index (χ1n) is 5.86. The van der Waals surface area contributed by atoms with E-state index in [1.165, 1.54) is 6.07 Å². The van der Waals surface area contributed by atoms with Crippen LogP contribution >= 0.6 is 23.5 Å². The Bertz CT molecular complexity index is 385. The largest absolute Gasteiger partial charge is 0.323 e. The van der Waals surface area contributed by atoms with E-state index in [1.54, 1.807) is 12.1 Å². The molecule has 0 saturated carbocycles. The van der Waals surface area contributed by atoms with Crippen molar-refractivity contribution in [2.75, 3.05) is 5.75 Å². The molecule has 4 unspecified atom stereocenters. The average Bonchev–Trinajstić information content (AvgIpc) is 2.32. The van der Waals surface area contributed by atoms with Gasteiger partial charge in [0, 0.05) is 33.1 Å². The van der Waals surface area contributed by atoms with E-state index in [0.717, 1.165) is 5.75 Å². The van der Waals surface area contributed by atoms with Gasteiger partial charge in [-0.2, -0.15) is 23.5 Å². The number of benzene rings is 1. The second-order valence-electron chi connectivity index (χ2n) is 4.47. The Morgan fingerprint density at radius 1 is 1.29 bits per heavy atom. The molecule has 17 heavy (non-hydrogen) atoms. The van der Waals surface area contributed by atoms with Crippen LogP contribution in [0.15, 0.2) is 24.3 Å². The number of nitrogens with two attached hydrogens (primary N) is 1. The van der Waals surface area contributed by atoms with Crippen molar-refractivity contribution in [1.82, 2.24) is 0 Å². The average molecular weight is 271 g/mol. The smallest absolute Gasteiger partial charge is 0.128 e. The van der Waals surface area contributed by atoms with Gasteiger partial charge >= 0.3 is 0 Å². The van der Waals surface area contributed by atoms with Crippen molar-refractivity contribution in [2.45, 2.75) is 35.6 Å². The van der Waals surface area contributed by atoms with E-state index in [0.29, 0.717) is 21.3 Å². The van der Waals surface area contributed by atoms with Gasteiger partial charge in [-0.25, -0.2) is 4.39 Å². The molecular weight excluding hydrogens is 253 g/mol.